The van der Waals surface area contributed by atoms with E-state index >= 15 is 0 Å². The van der Waals surface area contributed by atoms with Crippen LogP contribution in [-0.4, -0.2) is 54.1 Å². The molecular weight excluding hydrogens is 234 g/mol. The number of rotatable bonds is 6. The Kier molecular flexibility index (Phi) is 5.67. The molecule has 0 aromatic carbocycles. The topological polar surface area (TPSA) is 32.5 Å². The summed E-state index contributed by atoms with van der Waals surface area (Å²) in [4.78, 5) is 5.25. The third-order valence-electron chi connectivity index (χ3n) is 5.35. The minimum atomic E-state index is 0.158. The number of nitrogens with two attached hydrogens (primary N) is 1. The van der Waals surface area contributed by atoms with Crippen molar-refractivity contribution in [3.63, 3.8) is 0 Å². The van der Waals surface area contributed by atoms with Crippen LogP contribution in [0, 0.1) is 0 Å². The summed E-state index contributed by atoms with van der Waals surface area (Å²) < 4.78 is 0. The molecule has 1 saturated carbocycles. The maximum Gasteiger partial charge on any atom is 0.0235 e. The van der Waals surface area contributed by atoms with Crippen LogP contribution >= 0.6 is 0 Å². The van der Waals surface area contributed by atoms with E-state index < -0.39 is 0 Å². The summed E-state index contributed by atoms with van der Waals surface area (Å²) >= 11 is 0. The van der Waals surface area contributed by atoms with Crippen molar-refractivity contribution in [2.75, 3.05) is 32.7 Å². The van der Waals surface area contributed by atoms with Crippen LogP contribution in [0.4, 0.5) is 0 Å². The molecule has 1 saturated heterocycles. The third kappa shape index (κ3) is 4.17. The molecule has 3 heteroatoms. The predicted octanol–water partition coefficient (Wildman–Crippen LogP) is 2.45. The second kappa shape index (κ2) is 7.05. The Balaban J connectivity index is 1.72. The smallest absolute Gasteiger partial charge is 0.0235 e. The van der Waals surface area contributed by atoms with Crippen LogP contribution in [0.3, 0.4) is 0 Å². The van der Waals surface area contributed by atoms with Crippen molar-refractivity contribution >= 4 is 0 Å². The zero-order valence-corrected chi connectivity index (χ0v) is 13.0. The van der Waals surface area contributed by atoms with E-state index in [0.29, 0.717) is 0 Å². The van der Waals surface area contributed by atoms with Crippen molar-refractivity contribution in [2.45, 2.75) is 70.4 Å². The van der Waals surface area contributed by atoms with Gasteiger partial charge in [0.15, 0.2) is 0 Å². The van der Waals surface area contributed by atoms with E-state index in [0.717, 1.165) is 6.04 Å². The number of hydrogen-bond donors (Lipinski definition) is 1. The maximum absolute atomic E-state index is 6.55. The van der Waals surface area contributed by atoms with Crippen molar-refractivity contribution in [1.82, 2.24) is 9.80 Å². The molecule has 1 aliphatic heterocycles. The fourth-order valence-electron chi connectivity index (χ4n) is 3.94. The Morgan fingerprint density at radius 3 is 2.47 bits per heavy atom. The summed E-state index contributed by atoms with van der Waals surface area (Å²) in [5, 5.41) is 0. The van der Waals surface area contributed by atoms with Crippen molar-refractivity contribution in [3.05, 3.63) is 0 Å². The summed E-state index contributed by atoms with van der Waals surface area (Å²) in [6.07, 6.45) is 9.14. The van der Waals surface area contributed by atoms with Gasteiger partial charge in [0.2, 0.25) is 0 Å². The van der Waals surface area contributed by atoms with Gasteiger partial charge in [-0.15, -0.1) is 0 Å². The summed E-state index contributed by atoms with van der Waals surface area (Å²) in [5.41, 5.74) is 6.71. The zero-order valence-electron chi connectivity index (χ0n) is 13.0. The highest BCUT2D eigenvalue weighted by Crippen LogP contribution is 2.29. The first-order valence-electron chi connectivity index (χ1n) is 8.42. The second-order valence-electron chi connectivity index (χ2n) is 6.64. The first-order chi connectivity index (χ1) is 9.17. The van der Waals surface area contributed by atoms with Crippen LogP contribution in [-0.2, 0) is 0 Å². The van der Waals surface area contributed by atoms with Gasteiger partial charge in [-0.2, -0.15) is 0 Å². The average Bonchev–Trinajstić information content (AvgIpc) is 2.88. The number of hydrogen-bond acceptors (Lipinski definition) is 3. The number of nitrogens with zero attached hydrogens (tertiary/aromatic N) is 2. The van der Waals surface area contributed by atoms with Gasteiger partial charge in [0.05, 0.1) is 0 Å². The van der Waals surface area contributed by atoms with E-state index in [9.17, 15) is 0 Å². The second-order valence-corrected chi connectivity index (χ2v) is 6.64. The Morgan fingerprint density at radius 2 is 1.84 bits per heavy atom. The van der Waals surface area contributed by atoms with Crippen LogP contribution in [0.5, 0.6) is 0 Å². The molecule has 0 aromatic heterocycles. The molecule has 0 radical (unpaired) electrons. The monoisotopic (exact) mass is 267 g/mol. The lowest BCUT2D eigenvalue weighted by atomic mass is 9.80. The highest BCUT2D eigenvalue weighted by molar-refractivity contribution is 4.90. The Labute approximate surface area is 119 Å². The van der Waals surface area contributed by atoms with E-state index in [2.05, 4.69) is 23.6 Å². The lowest BCUT2D eigenvalue weighted by Crippen LogP contribution is -2.45. The fraction of sp³-hybridized carbons (Fsp3) is 1.00. The number of likely N-dealkylation sites (N-methyl/N-ethyl adjacent to an activating group) is 1. The molecule has 2 aliphatic rings. The molecule has 1 atom stereocenters. The van der Waals surface area contributed by atoms with Gasteiger partial charge in [0.25, 0.3) is 0 Å². The molecule has 3 nitrogen and oxygen atoms in total. The van der Waals surface area contributed by atoms with Gasteiger partial charge in [-0.1, -0.05) is 33.1 Å². The van der Waals surface area contributed by atoms with Crippen LogP contribution in [0.1, 0.15) is 58.8 Å². The zero-order chi connectivity index (χ0) is 13.7. The van der Waals surface area contributed by atoms with Crippen molar-refractivity contribution in [3.8, 4) is 0 Å². The summed E-state index contributed by atoms with van der Waals surface area (Å²) in [6, 6.07) is 0.787. The average molecular weight is 267 g/mol. The molecule has 0 bridgehead atoms. The van der Waals surface area contributed by atoms with E-state index in [4.69, 9.17) is 5.73 Å². The Hall–Kier alpha value is -0.120. The lowest BCUT2D eigenvalue weighted by molar-refractivity contribution is 0.195. The highest BCUT2D eigenvalue weighted by Gasteiger charge is 2.30. The largest absolute Gasteiger partial charge is 0.325 e. The molecular formula is C16H33N3. The van der Waals surface area contributed by atoms with Crippen LogP contribution in [0.15, 0.2) is 0 Å². The molecule has 1 unspecified atom stereocenters. The Bertz CT molecular complexity index is 257. The van der Waals surface area contributed by atoms with E-state index in [1.165, 1.54) is 77.7 Å². The summed E-state index contributed by atoms with van der Waals surface area (Å²) in [6.45, 7) is 10.7. The normalized spacial score (nSPS) is 28.1. The van der Waals surface area contributed by atoms with Crippen LogP contribution < -0.4 is 5.73 Å². The van der Waals surface area contributed by atoms with Gasteiger partial charge >= 0.3 is 0 Å². The van der Waals surface area contributed by atoms with Crippen LogP contribution in [0.2, 0.25) is 0 Å². The molecule has 1 heterocycles. The van der Waals surface area contributed by atoms with Crippen molar-refractivity contribution in [1.29, 1.82) is 0 Å². The lowest BCUT2D eigenvalue weighted by Gasteiger charge is -2.35. The molecule has 19 heavy (non-hydrogen) atoms. The van der Waals surface area contributed by atoms with Gasteiger partial charge in [-0.25, -0.2) is 0 Å². The number of likely N-dealkylation sites (tertiary alicyclic amines) is 1. The quantitative estimate of drug-likeness (QED) is 0.802. The minimum Gasteiger partial charge on any atom is -0.325 e. The molecule has 1 aliphatic carbocycles. The van der Waals surface area contributed by atoms with Gasteiger partial charge in [0.1, 0.15) is 0 Å². The Morgan fingerprint density at radius 1 is 1.16 bits per heavy atom. The maximum atomic E-state index is 6.55. The van der Waals surface area contributed by atoms with Gasteiger partial charge < -0.3 is 10.6 Å². The standard InChI is InChI=1S/C16H33N3/c1-3-19(4-2)15-8-12-18(14-15)13-11-16(17)9-6-5-7-10-16/h15H,3-14,17H2,1-2H3. The molecule has 2 rings (SSSR count). The first-order valence-corrected chi connectivity index (χ1v) is 8.42. The molecule has 2 N–H and O–H groups in total. The van der Waals surface area contributed by atoms with Gasteiger partial charge in [-0.05, 0) is 51.9 Å². The third-order valence-corrected chi connectivity index (χ3v) is 5.35. The van der Waals surface area contributed by atoms with E-state index in [-0.39, 0.29) is 5.54 Å². The fourth-order valence-corrected chi connectivity index (χ4v) is 3.94. The van der Waals surface area contributed by atoms with Gasteiger partial charge in [-0.3, -0.25) is 4.90 Å². The molecule has 0 aromatic rings. The predicted molar refractivity (Wildman–Crippen MR) is 82.4 cm³/mol. The molecule has 0 amide bonds. The highest BCUT2D eigenvalue weighted by atomic mass is 15.2. The van der Waals surface area contributed by atoms with Crippen molar-refractivity contribution < 1.29 is 0 Å². The van der Waals surface area contributed by atoms with E-state index in [1.807, 2.05) is 0 Å². The molecule has 0 spiro atoms. The van der Waals surface area contributed by atoms with Crippen LogP contribution in [0.25, 0.3) is 0 Å². The molecule has 2 fully saturated rings. The SMILES string of the molecule is CCN(CC)C1CCN(CCC2(N)CCCCC2)C1. The van der Waals surface area contributed by atoms with Gasteiger partial charge in [0, 0.05) is 18.1 Å². The summed E-state index contributed by atoms with van der Waals surface area (Å²) in [7, 11) is 0. The molecule has 112 valence electrons. The van der Waals surface area contributed by atoms with Crippen molar-refractivity contribution in [2.24, 2.45) is 5.73 Å². The first kappa shape index (κ1) is 15.3. The summed E-state index contributed by atoms with van der Waals surface area (Å²) in [5.74, 6) is 0. The minimum absolute atomic E-state index is 0.158. The van der Waals surface area contributed by atoms with E-state index in [1.54, 1.807) is 0 Å².